The Kier molecular flexibility index (Phi) is 3.49. The van der Waals surface area contributed by atoms with Gasteiger partial charge in [0.15, 0.2) is 0 Å². The smallest absolute Gasteiger partial charge is 0.336 e. The number of benzene rings is 1. The van der Waals surface area contributed by atoms with Gasteiger partial charge in [-0.25, -0.2) is 4.79 Å². The van der Waals surface area contributed by atoms with Crippen LogP contribution < -0.4 is 10.4 Å². The second kappa shape index (κ2) is 5.29. The molecule has 1 aliphatic carbocycles. The maximum atomic E-state index is 11.2. The third-order valence-electron chi connectivity index (χ3n) is 3.89. The lowest BCUT2D eigenvalue weighted by molar-refractivity contribution is -0.0338. The minimum absolute atomic E-state index is 0.287. The van der Waals surface area contributed by atoms with Crippen LogP contribution in [-0.2, 0) is 0 Å². The molecule has 0 spiro atoms. The second-order valence-electron chi connectivity index (χ2n) is 5.53. The molecule has 20 heavy (non-hydrogen) atoms. The molecule has 0 amide bonds. The maximum absolute atomic E-state index is 11.2. The normalized spacial score (nSPS) is 18.1. The van der Waals surface area contributed by atoms with Crippen molar-refractivity contribution in [2.75, 3.05) is 6.61 Å². The Morgan fingerprint density at radius 3 is 2.70 bits per heavy atom. The van der Waals surface area contributed by atoms with E-state index in [4.69, 9.17) is 9.15 Å². The van der Waals surface area contributed by atoms with E-state index in [0.717, 1.165) is 31.1 Å². The van der Waals surface area contributed by atoms with Gasteiger partial charge in [0.1, 0.15) is 17.9 Å². The fourth-order valence-electron chi connectivity index (χ4n) is 2.70. The van der Waals surface area contributed by atoms with Gasteiger partial charge < -0.3 is 14.3 Å². The maximum Gasteiger partial charge on any atom is 0.336 e. The predicted octanol–water partition coefficient (Wildman–Crippen LogP) is 2.87. The minimum Gasteiger partial charge on any atom is -0.490 e. The minimum atomic E-state index is -0.718. The Labute approximate surface area is 117 Å². The fourth-order valence-corrected chi connectivity index (χ4v) is 2.70. The van der Waals surface area contributed by atoms with Gasteiger partial charge in [0, 0.05) is 17.5 Å². The van der Waals surface area contributed by atoms with E-state index in [-0.39, 0.29) is 12.2 Å². The summed E-state index contributed by atoms with van der Waals surface area (Å²) in [5.41, 5.74) is -0.587. The number of hydrogen-bond donors (Lipinski definition) is 1. The van der Waals surface area contributed by atoms with Gasteiger partial charge in [-0.15, -0.1) is 0 Å². The molecule has 0 radical (unpaired) electrons. The van der Waals surface area contributed by atoms with Crippen LogP contribution in [0.25, 0.3) is 11.0 Å². The number of ether oxygens (including phenoxy) is 1. The van der Waals surface area contributed by atoms with E-state index in [1.807, 2.05) is 12.1 Å². The van der Waals surface area contributed by atoms with E-state index in [1.54, 1.807) is 12.1 Å². The fraction of sp³-hybridized carbons (Fsp3) is 0.438. The first-order valence-electron chi connectivity index (χ1n) is 7.04. The molecule has 106 valence electrons. The molecule has 0 bridgehead atoms. The van der Waals surface area contributed by atoms with Crippen molar-refractivity contribution in [3.05, 3.63) is 40.8 Å². The molecule has 0 atom stereocenters. The summed E-state index contributed by atoms with van der Waals surface area (Å²) in [6.07, 6.45) is 4.85. The molecule has 1 aromatic carbocycles. The average Bonchev–Trinajstić information content (AvgIpc) is 2.45. The number of hydrogen-bond acceptors (Lipinski definition) is 4. The van der Waals surface area contributed by atoms with Gasteiger partial charge in [-0.2, -0.15) is 0 Å². The van der Waals surface area contributed by atoms with Crippen LogP contribution in [-0.4, -0.2) is 17.3 Å². The van der Waals surface area contributed by atoms with Crippen LogP contribution in [0.5, 0.6) is 5.75 Å². The van der Waals surface area contributed by atoms with Crippen molar-refractivity contribution < 1.29 is 14.3 Å². The zero-order valence-corrected chi connectivity index (χ0v) is 11.3. The lowest BCUT2D eigenvalue weighted by atomic mass is 9.85. The van der Waals surface area contributed by atoms with E-state index in [9.17, 15) is 9.90 Å². The van der Waals surface area contributed by atoms with Crippen LogP contribution in [0.3, 0.4) is 0 Å². The monoisotopic (exact) mass is 274 g/mol. The Morgan fingerprint density at radius 2 is 1.90 bits per heavy atom. The summed E-state index contributed by atoms with van der Waals surface area (Å²) in [6.45, 7) is 0.287. The molecule has 3 rings (SSSR count). The van der Waals surface area contributed by atoms with Crippen molar-refractivity contribution in [1.29, 1.82) is 0 Å². The van der Waals surface area contributed by atoms with Crippen LogP contribution in [0.2, 0.25) is 0 Å². The van der Waals surface area contributed by atoms with E-state index in [0.29, 0.717) is 11.3 Å². The summed E-state index contributed by atoms with van der Waals surface area (Å²) in [4.78, 5) is 11.2. The van der Waals surface area contributed by atoms with Gasteiger partial charge in [-0.05, 0) is 31.0 Å². The third kappa shape index (κ3) is 2.85. The molecule has 0 saturated heterocycles. The first-order chi connectivity index (χ1) is 9.65. The Balaban J connectivity index is 1.75. The van der Waals surface area contributed by atoms with E-state index in [1.165, 1.54) is 12.5 Å². The molecular weight excluding hydrogens is 256 g/mol. The van der Waals surface area contributed by atoms with Crippen molar-refractivity contribution in [1.82, 2.24) is 0 Å². The number of fused-ring (bicyclic) bond motifs is 1. The Morgan fingerprint density at radius 1 is 1.15 bits per heavy atom. The summed E-state index contributed by atoms with van der Waals surface area (Å²) in [7, 11) is 0. The van der Waals surface area contributed by atoms with Crippen LogP contribution in [0, 0.1) is 0 Å². The molecule has 1 aromatic heterocycles. The average molecular weight is 274 g/mol. The quantitative estimate of drug-likeness (QED) is 0.874. The van der Waals surface area contributed by atoms with E-state index >= 15 is 0 Å². The largest absolute Gasteiger partial charge is 0.490 e. The summed E-state index contributed by atoms with van der Waals surface area (Å²) in [5, 5.41) is 11.2. The van der Waals surface area contributed by atoms with E-state index < -0.39 is 5.60 Å². The van der Waals surface area contributed by atoms with Gasteiger partial charge in [0.2, 0.25) is 0 Å². The van der Waals surface area contributed by atoms with Crippen LogP contribution in [0.4, 0.5) is 0 Å². The molecule has 2 aromatic rings. The molecule has 4 nitrogen and oxygen atoms in total. The second-order valence-corrected chi connectivity index (χ2v) is 5.53. The van der Waals surface area contributed by atoms with Crippen LogP contribution >= 0.6 is 0 Å². The predicted molar refractivity (Wildman–Crippen MR) is 76.0 cm³/mol. The molecule has 0 aliphatic heterocycles. The summed E-state index contributed by atoms with van der Waals surface area (Å²) < 4.78 is 10.8. The molecule has 1 heterocycles. The topological polar surface area (TPSA) is 59.7 Å². The standard InChI is InChI=1S/C16H18O4/c17-15-7-5-12-4-6-13(10-14(12)20-15)19-11-16(18)8-2-1-3-9-16/h4-7,10,18H,1-3,8-9,11H2. The van der Waals surface area contributed by atoms with Crippen molar-refractivity contribution in [3.8, 4) is 5.75 Å². The first kappa shape index (κ1) is 13.2. The lowest BCUT2D eigenvalue weighted by Crippen LogP contribution is -2.37. The highest BCUT2D eigenvalue weighted by Gasteiger charge is 2.29. The third-order valence-corrected chi connectivity index (χ3v) is 3.89. The van der Waals surface area contributed by atoms with E-state index in [2.05, 4.69) is 0 Å². The van der Waals surface area contributed by atoms with Gasteiger partial charge in [-0.1, -0.05) is 19.3 Å². The van der Waals surface area contributed by atoms with Crippen molar-refractivity contribution in [2.45, 2.75) is 37.7 Å². The Hall–Kier alpha value is -1.81. The van der Waals surface area contributed by atoms with Gasteiger partial charge >= 0.3 is 5.63 Å². The molecule has 0 unspecified atom stereocenters. The van der Waals surface area contributed by atoms with Crippen molar-refractivity contribution in [2.24, 2.45) is 0 Å². The molecule has 1 N–H and O–H groups in total. The van der Waals surface area contributed by atoms with Crippen LogP contribution in [0.1, 0.15) is 32.1 Å². The van der Waals surface area contributed by atoms with Crippen molar-refractivity contribution >= 4 is 11.0 Å². The molecule has 1 saturated carbocycles. The van der Waals surface area contributed by atoms with Gasteiger partial charge in [0.25, 0.3) is 0 Å². The lowest BCUT2D eigenvalue weighted by Gasteiger charge is -2.31. The molecule has 4 heteroatoms. The highest BCUT2D eigenvalue weighted by Crippen LogP contribution is 2.29. The highest BCUT2D eigenvalue weighted by molar-refractivity contribution is 5.77. The number of rotatable bonds is 3. The van der Waals surface area contributed by atoms with Crippen LogP contribution in [0.15, 0.2) is 39.5 Å². The Bertz CT molecular complexity index is 653. The zero-order valence-electron chi connectivity index (χ0n) is 11.3. The first-order valence-corrected chi connectivity index (χ1v) is 7.04. The molecular formula is C16H18O4. The van der Waals surface area contributed by atoms with Gasteiger partial charge in [-0.3, -0.25) is 0 Å². The highest BCUT2D eigenvalue weighted by atomic mass is 16.5. The molecule has 1 aliphatic rings. The summed E-state index contributed by atoms with van der Waals surface area (Å²) in [5.74, 6) is 0.617. The molecule has 1 fully saturated rings. The summed E-state index contributed by atoms with van der Waals surface area (Å²) in [6, 6.07) is 8.49. The van der Waals surface area contributed by atoms with Crippen molar-refractivity contribution in [3.63, 3.8) is 0 Å². The van der Waals surface area contributed by atoms with Gasteiger partial charge in [0.05, 0.1) is 5.60 Å². The summed E-state index contributed by atoms with van der Waals surface area (Å²) >= 11 is 0. The SMILES string of the molecule is O=c1ccc2ccc(OCC3(O)CCCCC3)cc2o1. The number of aliphatic hydroxyl groups is 1. The zero-order chi connectivity index (χ0) is 14.0.